The van der Waals surface area contributed by atoms with Gasteiger partial charge in [-0.2, -0.15) is 13.2 Å². The highest BCUT2D eigenvalue weighted by Gasteiger charge is 2.35. The van der Waals surface area contributed by atoms with Crippen molar-refractivity contribution in [2.75, 3.05) is 37.7 Å². The molecule has 39 heavy (non-hydrogen) atoms. The SMILES string of the molecule is Cc1cc(OCC(C)(C)C(=O)O)ncc1-c1ccc(-c2nc(C(F)(F)F)cn2COCCS(C)(C)C)c(F)c1. The molecule has 0 aliphatic heterocycles. The Morgan fingerprint density at radius 2 is 1.82 bits per heavy atom. The minimum absolute atomic E-state index is 0.0922. The van der Waals surface area contributed by atoms with Gasteiger partial charge >= 0.3 is 12.1 Å². The predicted molar refractivity (Wildman–Crippen MR) is 144 cm³/mol. The third kappa shape index (κ3) is 7.95. The molecule has 2 aromatic heterocycles. The van der Waals surface area contributed by atoms with Crippen LogP contribution in [-0.2, 0) is 22.4 Å². The molecule has 0 aliphatic carbocycles. The van der Waals surface area contributed by atoms with E-state index in [0.29, 0.717) is 23.3 Å². The highest BCUT2D eigenvalue weighted by Crippen LogP contribution is 2.35. The number of imidazole rings is 1. The second kappa shape index (κ2) is 11.5. The number of nitrogens with zero attached hydrogens (tertiary/aromatic N) is 3. The first-order valence-corrected chi connectivity index (χ1v) is 15.0. The van der Waals surface area contributed by atoms with Gasteiger partial charge in [0.1, 0.15) is 25.0 Å². The fourth-order valence-corrected chi connectivity index (χ4v) is 4.05. The van der Waals surface area contributed by atoms with Crippen LogP contribution in [0.3, 0.4) is 0 Å². The molecule has 3 aromatic rings. The molecule has 0 saturated carbocycles. The predicted octanol–water partition coefficient (Wildman–Crippen LogP) is 6.24. The van der Waals surface area contributed by atoms with Crippen molar-refractivity contribution < 1.29 is 36.9 Å². The van der Waals surface area contributed by atoms with Crippen molar-refractivity contribution >= 4 is 16.0 Å². The van der Waals surface area contributed by atoms with Crippen LogP contribution in [0.4, 0.5) is 17.6 Å². The molecule has 0 spiro atoms. The number of pyridine rings is 1. The van der Waals surface area contributed by atoms with Crippen LogP contribution in [0.5, 0.6) is 5.88 Å². The summed E-state index contributed by atoms with van der Waals surface area (Å²) < 4.78 is 67.8. The van der Waals surface area contributed by atoms with E-state index in [4.69, 9.17) is 9.47 Å². The molecular formula is C27H33F4N3O4S. The fourth-order valence-electron chi connectivity index (χ4n) is 3.43. The van der Waals surface area contributed by atoms with Crippen LogP contribution >= 0.6 is 10.0 Å². The summed E-state index contributed by atoms with van der Waals surface area (Å²) in [6, 6.07) is 5.77. The first kappa shape index (κ1) is 30.4. The first-order valence-electron chi connectivity index (χ1n) is 12.0. The number of hydrogen-bond donors (Lipinski definition) is 1. The lowest BCUT2D eigenvalue weighted by molar-refractivity contribution is -0.148. The average molecular weight is 572 g/mol. The molecule has 0 saturated heterocycles. The molecule has 0 fully saturated rings. The lowest BCUT2D eigenvalue weighted by Gasteiger charge is -2.24. The molecule has 0 bridgehead atoms. The average Bonchev–Trinajstić information content (AvgIpc) is 3.24. The van der Waals surface area contributed by atoms with Gasteiger partial charge < -0.3 is 19.1 Å². The van der Waals surface area contributed by atoms with E-state index in [2.05, 4.69) is 28.7 Å². The van der Waals surface area contributed by atoms with E-state index in [1.165, 1.54) is 32.2 Å². The van der Waals surface area contributed by atoms with E-state index in [1.54, 1.807) is 19.1 Å². The highest BCUT2D eigenvalue weighted by atomic mass is 32.3. The lowest BCUT2D eigenvalue weighted by Crippen LogP contribution is -2.30. The van der Waals surface area contributed by atoms with E-state index in [1.807, 2.05) is 0 Å². The van der Waals surface area contributed by atoms with E-state index in [0.717, 1.165) is 16.5 Å². The van der Waals surface area contributed by atoms with Gasteiger partial charge in [0.25, 0.3) is 0 Å². The summed E-state index contributed by atoms with van der Waals surface area (Å²) in [6.07, 6.45) is 3.92. The summed E-state index contributed by atoms with van der Waals surface area (Å²) >= 11 is 0. The maximum absolute atomic E-state index is 15.3. The zero-order valence-electron chi connectivity index (χ0n) is 22.7. The second-order valence-corrected chi connectivity index (χ2v) is 15.3. The second-order valence-electron chi connectivity index (χ2n) is 10.8. The Bertz CT molecular complexity index is 1330. The van der Waals surface area contributed by atoms with Crippen molar-refractivity contribution in [2.45, 2.75) is 33.7 Å². The summed E-state index contributed by atoms with van der Waals surface area (Å²) in [5.41, 5.74) is -0.609. The Hall–Kier alpha value is -3.12. The van der Waals surface area contributed by atoms with Crippen LogP contribution in [0, 0.1) is 18.2 Å². The number of ether oxygens (including phenoxy) is 2. The number of aryl methyl sites for hydroxylation is 1. The molecule has 214 valence electrons. The van der Waals surface area contributed by atoms with Crippen LogP contribution < -0.4 is 4.74 Å². The number of aliphatic carboxylic acids is 1. The zero-order chi connectivity index (χ0) is 29.2. The van der Waals surface area contributed by atoms with Crippen molar-refractivity contribution in [3.05, 3.63) is 53.7 Å². The maximum atomic E-state index is 15.3. The molecule has 1 N–H and O–H groups in total. The minimum Gasteiger partial charge on any atom is -0.481 e. The van der Waals surface area contributed by atoms with E-state index in [-0.39, 0.29) is 30.6 Å². The van der Waals surface area contributed by atoms with Crippen molar-refractivity contribution in [2.24, 2.45) is 5.41 Å². The van der Waals surface area contributed by atoms with Gasteiger partial charge in [-0.05, 0) is 62.8 Å². The number of hydrogen-bond acceptors (Lipinski definition) is 5. The van der Waals surface area contributed by atoms with Gasteiger partial charge in [-0.25, -0.2) is 24.4 Å². The van der Waals surface area contributed by atoms with Crippen LogP contribution in [0.2, 0.25) is 0 Å². The maximum Gasteiger partial charge on any atom is 0.434 e. The molecule has 0 atom stereocenters. The number of aromatic nitrogens is 3. The molecule has 1 aromatic carbocycles. The normalized spacial score (nSPS) is 13.0. The number of halogens is 4. The smallest absolute Gasteiger partial charge is 0.434 e. The van der Waals surface area contributed by atoms with Crippen molar-refractivity contribution in [1.82, 2.24) is 14.5 Å². The summed E-state index contributed by atoms with van der Waals surface area (Å²) in [5.74, 6) is -0.950. The molecule has 0 aliphatic rings. The van der Waals surface area contributed by atoms with Gasteiger partial charge in [-0.1, -0.05) is 6.07 Å². The Balaban J connectivity index is 1.86. The number of carboxylic acids is 1. The number of rotatable bonds is 11. The minimum atomic E-state index is -4.70. The monoisotopic (exact) mass is 571 g/mol. The molecule has 3 rings (SSSR count). The first-order chi connectivity index (χ1) is 18.0. The zero-order valence-corrected chi connectivity index (χ0v) is 23.5. The van der Waals surface area contributed by atoms with Crippen molar-refractivity contribution in [3.8, 4) is 28.4 Å². The summed E-state index contributed by atoms with van der Waals surface area (Å²) in [6.45, 7) is 4.89. The Morgan fingerprint density at radius 3 is 2.38 bits per heavy atom. The van der Waals surface area contributed by atoms with Crippen LogP contribution in [0.15, 0.2) is 36.7 Å². The summed E-state index contributed by atoms with van der Waals surface area (Å²) in [7, 11) is -0.843. The van der Waals surface area contributed by atoms with Crippen molar-refractivity contribution in [3.63, 3.8) is 0 Å². The van der Waals surface area contributed by atoms with Crippen LogP contribution in [0.25, 0.3) is 22.5 Å². The molecule has 0 radical (unpaired) electrons. The molecule has 0 unspecified atom stereocenters. The standard InChI is InChI=1S/C27H33F4N3O4S/c1-17-11-23(38-15-26(2,3)25(35)36)32-13-20(17)18-7-8-19(21(28)12-18)24-33-22(27(29,30)31)14-34(24)16-37-9-10-39(4,5)6/h7-8,11-14H,9-10,15-16H2,1-6H3,(H,35,36). The quantitative estimate of drug-likeness (QED) is 0.217. The van der Waals surface area contributed by atoms with Crippen LogP contribution in [-0.4, -0.2) is 63.3 Å². The highest BCUT2D eigenvalue weighted by molar-refractivity contribution is 8.32. The summed E-state index contributed by atoms with van der Waals surface area (Å²) in [4.78, 5) is 19.2. The lowest BCUT2D eigenvalue weighted by atomic mass is 9.95. The molecule has 7 nitrogen and oxygen atoms in total. The van der Waals surface area contributed by atoms with Gasteiger partial charge in [0.2, 0.25) is 5.88 Å². The van der Waals surface area contributed by atoms with Gasteiger partial charge in [0, 0.05) is 29.8 Å². The molecular weight excluding hydrogens is 538 g/mol. The molecule has 2 heterocycles. The number of alkyl halides is 3. The van der Waals surface area contributed by atoms with E-state index in [9.17, 15) is 23.1 Å². The largest absolute Gasteiger partial charge is 0.481 e. The van der Waals surface area contributed by atoms with Crippen LogP contribution in [0.1, 0.15) is 25.1 Å². The Kier molecular flexibility index (Phi) is 9.01. The third-order valence-electron chi connectivity index (χ3n) is 5.90. The van der Waals surface area contributed by atoms with E-state index >= 15 is 4.39 Å². The van der Waals surface area contributed by atoms with Crippen molar-refractivity contribution in [1.29, 1.82) is 0 Å². The number of carboxylic acid groups (broad SMARTS) is 1. The topological polar surface area (TPSA) is 86.5 Å². The van der Waals surface area contributed by atoms with Gasteiger partial charge in [-0.15, -0.1) is 0 Å². The van der Waals surface area contributed by atoms with Gasteiger partial charge in [0.05, 0.1) is 17.6 Å². The summed E-state index contributed by atoms with van der Waals surface area (Å²) in [5, 5.41) is 9.23. The molecule has 0 amide bonds. The van der Waals surface area contributed by atoms with Gasteiger partial charge in [-0.3, -0.25) is 4.79 Å². The Labute approximate surface area is 226 Å². The van der Waals surface area contributed by atoms with Gasteiger partial charge in [0.15, 0.2) is 5.69 Å². The Morgan fingerprint density at radius 1 is 1.13 bits per heavy atom. The molecule has 12 heteroatoms. The third-order valence-corrected chi connectivity index (χ3v) is 7.30. The fraction of sp³-hybridized carbons (Fsp3) is 0.444. The van der Waals surface area contributed by atoms with E-state index < -0.39 is 39.1 Å². The number of carbonyl (C=O) groups is 1. The number of benzene rings is 1.